The minimum atomic E-state index is -1.21. The zero-order valence-electron chi connectivity index (χ0n) is 7.53. The van der Waals surface area contributed by atoms with Gasteiger partial charge < -0.3 is 4.74 Å². The van der Waals surface area contributed by atoms with Crippen LogP contribution in [-0.4, -0.2) is 13.1 Å². The molecule has 14 heavy (non-hydrogen) atoms. The third-order valence-electron chi connectivity index (χ3n) is 1.75. The van der Waals surface area contributed by atoms with Crippen LogP contribution < -0.4 is 0 Å². The lowest BCUT2D eigenvalue weighted by Crippen LogP contribution is -2.12. The molecule has 0 N–H and O–H groups in total. The van der Waals surface area contributed by atoms with E-state index in [1.165, 1.54) is 25.3 Å². The first-order valence-electron chi connectivity index (χ1n) is 3.89. The lowest BCUT2D eigenvalue weighted by Gasteiger charge is -2.03. The van der Waals surface area contributed by atoms with Crippen LogP contribution in [0.3, 0.4) is 0 Å². The molecule has 0 spiro atoms. The van der Waals surface area contributed by atoms with Gasteiger partial charge in [0.05, 0.1) is 12.7 Å². The van der Waals surface area contributed by atoms with Gasteiger partial charge in [0.1, 0.15) is 5.82 Å². The van der Waals surface area contributed by atoms with E-state index in [-0.39, 0.29) is 5.56 Å². The summed E-state index contributed by atoms with van der Waals surface area (Å²) in [7, 11) is 1.17. The molecule has 4 heteroatoms. The summed E-state index contributed by atoms with van der Waals surface area (Å²) in [4.78, 5) is 14.1. The van der Waals surface area contributed by atoms with Crippen LogP contribution in [0, 0.1) is 12.4 Å². The molecule has 0 aliphatic rings. The van der Waals surface area contributed by atoms with Crippen LogP contribution in [0.1, 0.15) is 11.6 Å². The Balaban J connectivity index is 3.09. The third kappa shape index (κ3) is 1.88. The molecule has 0 fully saturated rings. The van der Waals surface area contributed by atoms with Crippen molar-refractivity contribution in [1.29, 1.82) is 0 Å². The first-order valence-corrected chi connectivity index (χ1v) is 3.89. The van der Waals surface area contributed by atoms with Crippen LogP contribution in [0.5, 0.6) is 0 Å². The molecule has 0 saturated heterocycles. The summed E-state index contributed by atoms with van der Waals surface area (Å²) in [6.07, 6.45) is 0. The molecule has 1 rings (SSSR count). The number of nitrogens with zero attached hydrogens (tertiary/aromatic N) is 1. The molecule has 1 unspecified atom stereocenters. The number of esters is 1. The van der Waals surface area contributed by atoms with E-state index in [0.717, 1.165) is 0 Å². The molecule has 1 aromatic carbocycles. The Morgan fingerprint density at radius 1 is 1.57 bits per heavy atom. The molecule has 0 radical (unpaired) electrons. The Morgan fingerprint density at radius 2 is 2.21 bits per heavy atom. The van der Waals surface area contributed by atoms with Crippen molar-refractivity contribution in [2.24, 2.45) is 0 Å². The molecule has 0 saturated carbocycles. The Bertz CT molecular complexity index is 384. The standard InChI is InChI=1S/C10H8FNO2/c1-12-9(10(13)14-2)7-5-3-4-6-8(7)11/h3-6,9H,2H3. The van der Waals surface area contributed by atoms with E-state index in [1.54, 1.807) is 6.07 Å². The number of rotatable bonds is 2. The summed E-state index contributed by atoms with van der Waals surface area (Å²) in [5.74, 6) is -1.32. The summed E-state index contributed by atoms with van der Waals surface area (Å²) in [5.41, 5.74) is 0.0503. The highest BCUT2D eigenvalue weighted by Crippen LogP contribution is 2.21. The summed E-state index contributed by atoms with van der Waals surface area (Å²) >= 11 is 0. The number of methoxy groups -OCH3 is 1. The average molecular weight is 193 g/mol. The molecule has 0 aromatic heterocycles. The Kier molecular flexibility index (Phi) is 3.19. The van der Waals surface area contributed by atoms with Gasteiger partial charge in [0.25, 0.3) is 0 Å². The number of benzene rings is 1. The molecule has 1 atom stereocenters. The second-order valence-corrected chi connectivity index (χ2v) is 2.58. The van der Waals surface area contributed by atoms with Gasteiger partial charge in [-0.05, 0) is 12.1 Å². The quantitative estimate of drug-likeness (QED) is 0.531. The molecule has 0 amide bonds. The Hall–Kier alpha value is -1.89. The molecule has 0 aliphatic heterocycles. The number of hydrogen-bond donors (Lipinski definition) is 0. The largest absolute Gasteiger partial charge is 0.463 e. The van der Waals surface area contributed by atoms with Crippen LogP contribution in [0.2, 0.25) is 0 Å². The van der Waals surface area contributed by atoms with Gasteiger partial charge in [-0.15, -0.1) is 0 Å². The van der Waals surface area contributed by atoms with Crippen LogP contribution in [0.4, 0.5) is 4.39 Å². The fraction of sp³-hybridized carbons (Fsp3) is 0.200. The topological polar surface area (TPSA) is 30.7 Å². The fourth-order valence-electron chi connectivity index (χ4n) is 1.06. The molecule has 0 heterocycles. The normalized spacial score (nSPS) is 11.5. The number of carbonyl (C=O) groups is 1. The molecular formula is C10H8FNO2. The minimum Gasteiger partial charge on any atom is -0.463 e. The second kappa shape index (κ2) is 4.38. The van der Waals surface area contributed by atoms with Crippen molar-refractivity contribution in [3.63, 3.8) is 0 Å². The number of hydrogen-bond acceptors (Lipinski definition) is 2. The van der Waals surface area contributed by atoms with Gasteiger partial charge in [-0.2, -0.15) is 0 Å². The van der Waals surface area contributed by atoms with Gasteiger partial charge >= 0.3 is 12.0 Å². The van der Waals surface area contributed by atoms with Crippen molar-refractivity contribution in [3.05, 3.63) is 47.1 Å². The van der Waals surface area contributed by atoms with Crippen LogP contribution in [0.15, 0.2) is 24.3 Å². The summed E-state index contributed by atoms with van der Waals surface area (Å²) in [5, 5.41) is 0. The first kappa shape index (κ1) is 10.2. The maximum Gasteiger partial charge on any atom is 0.395 e. The summed E-state index contributed by atoms with van der Waals surface area (Å²) in [6.45, 7) is 6.79. The lowest BCUT2D eigenvalue weighted by molar-refractivity contribution is -0.141. The molecule has 3 nitrogen and oxygen atoms in total. The molecule has 0 aliphatic carbocycles. The summed E-state index contributed by atoms with van der Waals surface area (Å²) < 4.78 is 17.6. The van der Waals surface area contributed by atoms with Crippen molar-refractivity contribution in [3.8, 4) is 0 Å². The van der Waals surface area contributed by atoms with Gasteiger partial charge in [0.2, 0.25) is 0 Å². The Labute approximate surface area is 80.9 Å². The van der Waals surface area contributed by atoms with Crippen molar-refractivity contribution in [2.75, 3.05) is 7.11 Å². The van der Waals surface area contributed by atoms with Crippen molar-refractivity contribution in [1.82, 2.24) is 0 Å². The van der Waals surface area contributed by atoms with Gasteiger partial charge in [-0.25, -0.2) is 15.8 Å². The molecule has 1 aromatic rings. The Morgan fingerprint density at radius 3 is 2.71 bits per heavy atom. The predicted octanol–water partition coefficient (Wildman–Crippen LogP) is 1.96. The maximum absolute atomic E-state index is 13.2. The highest BCUT2D eigenvalue weighted by Gasteiger charge is 2.29. The highest BCUT2D eigenvalue weighted by atomic mass is 19.1. The number of halogens is 1. The number of carbonyl (C=O) groups excluding carboxylic acids is 1. The molecule has 0 bridgehead atoms. The average Bonchev–Trinajstić information content (AvgIpc) is 2.21. The zero-order valence-corrected chi connectivity index (χ0v) is 7.53. The van der Waals surface area contributed by atoms with E-state index in [1.807, 2.05) is 0 Å². The van der Waals surface area contributed by atoms with Crippen LogP contribution in [0.25, 0.3) is 4.85 Å². The number of ether oxygens (including phenoxy) is 1. The first-order chi connectivity index (χ1) is 6.70. The van der Waals surface area contributed by atoms with E-state index < -0.39 is 17.8 Å². The van der Waals surface area contributed by atoms with Gasteiger partial charge in [0.15, 0.2) is 0 Å². The smallest absolute Gasteiger partial charge is 0.395 e. The second-order valence-electron chi connectivity index (χ2n) is 2.58. The SMILES string of the molecule is [C-]#[N+]C(C(=O)OC)c1ccccc1F. The van der Waals surface area contributed by atoms with E-state index in [0.29, 0.717) is 0 Å². The maximum atomic E-state index is 13.2. The fourth-order valence-corrected chi connectivity index (χ4v) is 1.06. The van der Waals surface area contributed by atoms with E-state index in [4.69, 9.17) is 6.57 Å². The monoisotopic (exact) mass is 193 g/mol. The third-order valence-corrected chi connectivity index (χ3v) is 1.75. The van der Waals surface area contributed by atoms with Crippen LogP contribution >= 0.6 is 0 Å². The highest BCUT2D eigenvalue weighted by molar-refractivity contribution is 5.79. The predicted molar refractivity (Wildman–Crippen MR) is 47.8 cm³/mol. The molecular weight excluding hydrogens is 185 g/mol. The van der Waals surface area contributed by atoms with Gasteiger partial charge in [-0.1, -0.05) is 12.1 Å². The van der Waals surface area contributed by atoms with Crippen molar-refractivity contribution >= 4 is 5.97 Å². The van der Waals surface area contributed by atoms with Crippen molar-refractivity contribution in [2.45, 2.75) is 6.04 Å². The van der Waals surface area contributed by atoms with E-state index in [9.17, 15) is 9.18 Å². The lowest BCUT2D eigenvalue weighted by atomic mass is 10.1. The van der Waals surface area contributed by atoms with Crippen LogP contribution in [-0.2, 0) is 9.53 Å². The van der Waals surface area contributed by atoms with Gasteiger partial charge in [-0.3, -0.25) is 4.85 Å². The summed E-state index contributed by atoms with van der Waals surface area (Å²) in [6, 6.07) is 4.46. The van der Waals surface area contributed by atoms with Crippen molar-refractivity contribution < 1.29 is 13.9 Å². The zero-order chi connectivity index (χ0) is 10.6. The van der Waals surface area contributed by atoms with Gasteiger partial charge in [0, 0.05) is 0 Å². The minimum absolute atomic E-state index is 0.0503. The molecule has 72 valence electrons. The van der Waals surface area contributed by atoms with E-state index >= 15 is 0 Å². The van der Waals surface area contributed by atoms with E-state index in [2.05, 4.69) is 9.58 Å².